The van der Waals surface area contributed by atoms with Gasteiger partial charge >= 0.3 is 0 Å². The van der Waals surface area contributed by atoms with Gasteiger partial charge in [-0.2, -0.15) is 0 Å². The summed E-state index contributed by atoms with van der Waals surface area (Å²) in [6.45, 7) is 3.08. The molecule has 0 spiro atoms. The minimum Gasteiger partial charge on any atom is -0.396 e. The molecule has 0 amide bonds. The van der Waals surface area contributed by atoms with Crippen LogP contribution >= 0.6 is 0 Å². The van der Waals surface area contributed by atoms with Gasteiger partial charge in [-0.3, -0.25) is 0 Å². The molecule has 86 valence electrons. The monoisotopic (exact) mass is 219 g/mol. The van der Waals surface area contributed by atoms with Crippen LogP contribution in [0.2, 0.25) is 0 Å². The molecule has 0 aliphatic rings. The Bertz CT molecular complexity index is 476. The van der Waals surface area contributed by atoms with E-state index in [1.807, 2.05) is 31.3 Å². The Balaban J connectivity index is 2.38. The lowest BCUT2D eigenvalue weighted by Crippen LogP contribution is -2.10. The fraction of sp³-hybridized carbons (Fsp3) is 0.385. The summed E-state index contributed by atoms with van der Waals surface area (Å²) < 4.78 is 2.12. The normalized spacial score (nSPS) is 13.2. The highest BCUT2D eigenvalue weighted by atomic mass is 16.3. The van der Waals surface area contributed by atoms with Gasteiger partial charge in [0.25, 0.3) is 0 Å². The standard InChI is InChI=1S/C13H17NO2/c1-10(8-15)7-14-5-4-12-3-2-11(9-16)6-13(12)14/h2-6,10,15-16H,7-9H2,1H3. The first-order valence-corrected chi connectivity index (χ1v) is 5.54. The summed E-state index contributed by atoms with van der Waals surface area (Å²) in [6, 6.07) is 8.00. The van der Waals surface area contributed by atoms with E-state index in [1.165, 1.54) is 5.39 Å². The lowest BCUT2D eigenvalue weighted by atomic mass is 10.1. The lowest BCUT2D eigenvalue weighted by Gasteiger charge is -2.10. The van der Waals surface area contributed by atoms with E-state index in [0.717, 1.165) is 17.6 Å². The van der Waals surface area contributed by atoms with Gasteiger partial charge in [-0.15, -0.1) is 0 Å². The topological polar surface area (TPSA) is 45.4 Å². The third-order valence-electron chi connectivity index (χ3n) is 2.84. The van der Waals surface area contributed by atoms with Gasteiger partial charge in [0.2, 0.25) is 0 Å². The second-order valence-corrected chi connectivity index (χ2v) is 4.31. The minimum atomic E-state index is 0.0661. The third-order valence-corrected chi connectivity index (χ3v) is 2.84. The minimum absolute atomic E-state index is 0.0661. The molecule has 1 unspecified atom stereocenters. The highest BCUT2D eigenvalue weighted by molar-refractivity contribution is 5.80. The molecule has 0 radical (unpaired) electrons. The van der Waals surface area contributed by atoms with Gasteiger partial charge in [-0.1, -0.05) is 19.1 Å². The summed E-state index contributed by atoms with van der Waals surface area (Å²) >= 11 is 0. The second kappa shape index (κ2) is 4.68. The average molecular weight is 219 g/mol. The van der Waals surface area contributed by atoms with Gasteiger partial charge in [0, 0.05) is 24.9 Å². The predicted molar refractivity (Wildman–Crippen MR) is 64.1 cm³/mol. The molecule has 2 N–H and O–H groups in total. The van der Waals surface area contributed by atoms with Crippen molar-refractivity contribution in [3.63, 3.8) is 0 Å². The first-order valence-electron chi connectivity index (χ1n) is 5.54. The molecule has 0 saturated carbocycles. The van der Waals surface area contributed by atoms with Crippen LogP contribution in [0.15, 0.2) is 30.5 Å². The fourth-order valence-corrected chi connectivity index (χ4v) is 1.88. The van der Waals surface area contributed by atoms with Crippen LogP contribution in [0.5, 0.6) is 0 Å². The van der Waals surface area contributed by atoms with Crippen LogP contribution in [-0.4, -0.2) is 21.4 Å². The molecule has 3 nitrogen and oxygen atoms in total. The van der Waals surface area contributed by atoms with E-state index in [1.54, 1.807) is 0 Å². The molecule has 0 saturated heterocycles. The van der Waals surface area contributed by atoms with E-state index in [4.69, 9.17) is 10.2 Å². The van der Waals surface area contributed by atoms with Gasteiger partial charge in [-0.05, 0) is 29.0 Å². The van der Waals surface area contributed by atoms with Crippen molar-refractivity contribution in [2.75, 3.05) is 6.61 Å². The van der Waals surface area contributed by atoms with Crippen LogP contribution in [0.25, 0.3) is 10.9 Å². The van der Waals surface area contributed by atoms with Crippen LogP contribution in [0.3, 0.4) is 0 Å². The number of hydrogen-bond donors (Lipinski definition) is 2. The summed E-state index contributed by atoms with van der Waals surface area (Å²) in [5.41, 5.74) is 2.04. The highest BCUT2D eigenvalue weighted by Crippen LogP contribution is 2.19. The first-order chi connectivity index (χ1) is 7.74. The van der Waals surface area contributed by atoms with Crippen LogP contribution in [0.1, 0.15) is 12.5 Å². The maximum atomic E-state index is 9.10. The molecule has 2 aromatic rings. The average Bonchev–Trinajstić information content (AvgIpc) is 2.71. The molecule has 1 aromatic carbocycles. The predicted octanol–water partition coefficient (Wildman–Crippen LogP) is 1.76. The zero-order chi connectivity index (χ0) is 11.5. The van der Waals surface area contributed by atoms with Crippen molar-refractivity contribution in [1.29, 1.82) is 0 Å². The molecule has 3 heteroatoms. The Hall–Kier alpha value is -1.32. The van der Waals surface area contributed by atoms with E-state index in [-0.39, 0.29) is 19.1 Å². The summed E-state index contributed by atoms with van der Waals surface area (Å²) in [5, 5.41) is 19.3. The van der Waals surface area contributed by atoms with E-state index in [0.29, 0.717) is 0 Å². The van der Waals surface area contributed by atoms with Gasteiger partial charge in [0.05, 0.1) is 6.61 Å². The van der Waals surface area contributed by atoms with Crippen molar-refractivity contribution < 1.29 is 10.2 Å². The summed E-state index contributed by atoms with van der Waals surface area (Å²) in [4.78, 5) is 0. The maximum Gasteiger partial charge on any atom is 0.0682 e. The zero-order valence-electron chi connectivity index (χ0n) is 9.43. The number of fused-ring (bicyclic) bond motifs is 1. The molecule has 16 heavy (non-hydrogen) atoms. The number of nitrogens with zero attached hydrogens (tertiary/aromatic N) is 1. The van der Waals surface area contributed by atoms with Gasteiger partial charge in [-0.25, -0.2) is 0 Å². The Morgan fingerprint density at radius 1 is 1.25 bits per heavy atom. The third kappa shape index (κ3) is 2.10. The van der Waals surface area contributed by atoms with Crippen LogP contribution in [0, 0.1) is 5.92 Å². The number of aliphatic hydroxyl groups excluding tert-OH is 2. The molecule has 0 fully saturated rings. The molecular formula is C13H17NO2. The van der Waals surface area contributed by atoms with Crippen molar-refractivity contribution in [2.45, 2.75) is 20.1 Å². The molecule has 0 aliphatic carbocycles. The smallest absolute Gasteiger partial charge is 0.0682 e. The quantitative estimate of drug-likeness (QED) is 0.823. The number of hydrogen-bond acceptors (Lipinski definition) is 2. The molecular weight excluding hydrogens is 202 g/mol. The fourth-order valence-electron chi connectivity index (χ4n) is 1.88. The number of rotatable bonds is 4. The Kier molecular flexibility index (Phi) is 3.27. The molecule has 2 rings (SSSR count). The highest BCUT2D eigenvalue weighted by Gasteiger charge is 2.05. The van der Waals surface area contributed by atoms with E-state index in [9.17, 15) is 0 Å². The van der Waals surface area contributed by atoms with Crippen LogP contribution in [-0.2, 0) is 13.2 Å². The number of aliphatic hydroxyl groups is 2. The number of aromatic nitrogens is 1. The Morgan fingerprint density at radius 2 is 2.06 bits per heavy atom. The molecule has 1 aromatic heterocycles. The zero-order valence-corrected chi connectivity index (χ0v) is 9.43. The summed E-state index contributed by atoms with van der Waals surface area (Å²) in [6.07, 6.45) is 2.03. The summed E-state index contributed by atoms with van der Waals surface area (Å²) in [7, 11) is 0. The van der Waals surface area contributed by atoms with E-state index in [2.05, 4.69) is 10.6 Å². The maximum absolute atomic E-state index is 9.10. The van der Waals surface area contributed by atoms with Crippen molar-refractivity contribution in [2.24, 2.45) is 5.92 Å². The largest absolute Gasteiger partial charge is 0.396 e. The van der Waals surface area contributed by atoms with E-state index >= 15 is 0 Å². The molecule has 1 atom stereocenters. The molecule has 0 bridgehead atoms. The van der Waals surface area contributed by atoms with Crippen LogP contribution in [0.4, 0.5) is 0 Å². The number of benzene rings is 1. The Morgan fingerprint density at radius 3 is 2.75 bits per heavy atom. The second-order valence-electron chi connectivity index (χ2n) is 4.31. The van der Waals surface area contributed by atoms with Crippen molar-refractivity contribution in [3.05, 3.63) is 36.0 Å². The van der Waals surface area contributed by atoms with Gasteiger partial charge in [0.1, 0.15) is 0 Å². The molecule has 0 aliphatic heterocycles. The summed E-state index contributed by atoms with van der Waals surface area (Å²) in [5.74, 6) is 0.244. The molecule has 1 heterocycles. The van der Waals surface area contributed by atoms with Gasteiger partial charge < -0.3 is 14.8 Å². The Labute approximate surface area is 94.9 Å². The van der Waals surface area contributed by atoms with Crippen molar-refractivity contribution in [1.82, 2.24) is 4.57 Å². The lowest BCUT2D eigenvalue weighted by molar-refractivity contribution is 0.224. The van der Waals surface area contributed by atoms with Crippen molar-refractivity contribution >= 4 is 10.9 Å². The first kappa shape index (κ1) is 11.2. The van der Waals surface area contributed by atoms with Crippen molar-refractivity contribution in [3.8, 4) is 0 Å². The SMILES string of the molecule is CC(CO)Cn1ccc2ccc(CO)cc21. The van der Waals surface area contributed by atoms with E-state index < -0.39 is 0 Å². The van der Waals surface area contributed by atoms with Gasteiger partial charge in [0.15, 0.2) is 0 Å². The van der Waals surface area contributed by atoms with Crippen LogP contribution < -0.4 is 0 Å².